The van der Waals surface area contributed by atoms with E-state index in [-0.39, 0.29) is 5.56 Å². The molecule has 0 spiro atoms. The maximum atomic E-state index is 14.2. The zero-order valence-electron chi connectivity index (χ0n) is 12.2. The topological polar surface area (TPSA) is 12.0 Å². The second-order valence-corrected chi connectivity index (χ2v) is 6.74. The predicted octanol–water partition coefficient (Wildman–Crippen LogP) is 5.06. The van der Waals surface area contributed by atoms with E-state index in [2.05, 4.69) is 12.2 Å². The molecule has 1 unspecified atom stereocenters. The van der Waals surface area contributed by atoms with E-state index in [1.54, 1.807) is 6.92 Å². The summed E-state index contributed by atoms with van der Waals surface area (Å²) in [6, 6.07) is 7.00. The lowest BCUT2D eigenvalue weighted by Gasteiger charge is -2.15. The largest absolute Gasteiger partial charge is 0.309 e. The molecule has 3 rings (SSSR count). The van der Waals surface area contributed by atoms with Gasteiger partial charge in [-0.2, -0.15) is 0 Å². The van der Waals surface area contributed by atoms with E-state index >= 15 is 0 Å². The van der Waals surface area contributed by atoms with Gasteiger partial charge >= 0.3 is 0 Å². The molecule has 1 atom stereocenters. The molecular formula is C17H19F2NS. The summed E-state index contributed by atoms with van der Waals surface area (Å²) in [5, 5.41) is 3.49. The normalized spacial score (nSPS) is 16.2. The third-order valence-electron chi connectivity index (χ3n) is 3.98. The Labute approximate surface area is 128 Å². The van der Waals surface area contributed by atoms with Crippen molar-refractivity contribution in [1.29, 1.82) is 0 Å². The molecule has 1 heterocycles. The molecule has 0 amide bonds. The van der Waals surface area contributed by atoms with Gasteiger partial charge in [0.05, 0.1) is 5.56 Å². The van der Waals surface area contributed by atoms with E-state index < -0.39 is 11.6 Å². The van der Waals surface area contributed by atoms with Crippen LogP contribution in [0.5, 0.6) is 0 Å². The molecule has 0 bridgehead atoms. The van der Waals surface area contributed by atoms with Gasteiger partial charge in [-0.1, -0.05) is 13.0 Å². The number of hydrogen-bond acceptors (Lipinski definition) is 2. The smallest absolute Gasteiger partial charge is 0.137 e. The van der Waals surface area contributed by atoms with Gasteiger partial charge in [0.25, 0.3) is 0 Å². The van der Waals surface area contributed by atoms with E-state index in [9.17, 15) is 8.78 Å². The molecule has 1 aromatic heterocycles. The quantitative estimate of drug-likeness (QED) is 0.814. The van der Waals surface area contributed by atoms with Gasteiger partial charge in [0.2, 0.25) is 0 Å². The van der Waals surface area contributed by atoms with E-state index in [0.717, 1.165) is 6.54 Å². The summed E-state index contributed by atoms with van der Waals surface area (Å²) in [4.78, 5) is 1.85. The number of hydrogen-bond donors (Lipinski definition) is 1. The van der Waals surface area contributed by atoms with Crippen molar-refractivity contribution in [3.8, 4) is 10.4 Å². The number of aryl methyl sites for hydroxylation is 1. The van der Waals surface area contributed by atoms with Crippen molar-refractivity contribution in [2.24, 2.45) is 5.92 Å². The summed E-state index contributed by atoms with van der Waals surface area (Å²) in [6.07, 6.45) is 2.47. The van der Waals surface area contributed by atoms with Crippen LogP contribution in [0.1, 0.15) is 36.2 Å². The monoisotopic (exact) mass is 307 g/mol. The summed E-state index contributed by atoms with van der Waals surface area (Å²) in [7, 11) is 0. The zero-order chi connectivity index (χ0) is 15.0. The fourth-order valence-electron chi connectivity index (χ4n) is 2.69. The number of halogens is 2. The number of thiophene rings is 1. The number of rotatable bonds is 5. The number of benzene rings is 1. The Morgan fingerprint density at radius 2 is 2.00 bits per heavy atom. The SMILES string of the molecule is CCNC(c1ccc(-c2c(F)ccc(C)c2F)s1)C1CC1. The van der Waals surface area contributed by atoms with Crippen LogP contribution in [0.2, 0.25) is 0 Å². The molecule has 1 fully saturated rings. The highest BCUT2D eigenvalue weighted by molar-refractivity contribution is 7.15. The van der Waals surface area contributed by atoms with Gasteiger partial charge in [0.15, 0.2) is 0 Å². The maximum absolute atomic E-state index is 14.2. The van der Waals surface area contributed by atoms with Crippen LogP contribution in [0.15, 0.2) is 24.3 Å². The minimum atomic E-state index is -0.488. The van der Waals surface area contributed by atoms with Crippen molar-refractivity contribution in [3.63, 3.8) is 0 Å². The van der Waals surface area contributed by atoms with Gasteiger partial charge in [0, 0.05) is 15.8 Å². The first kappa shape index (κ1) is 14.7. The van der Waals surface area contributed by atoms with Crippen LogP contribution < -0.4 is 5.32 Å². The van der Waals surface area contributed by atoms with Gasteiger partial charge in [-0.15, -0.1) is 11.3 Å². The molecule has 0 saturated heterocycles. The molecule has 2 aromatic rings. The summed E-state index contributed by atoms with van der Waals surface area (Å²) in [6.45, 7) is 4.66. The van der Waals surface area contributed by atoms with Crippen LogP contribution in [-0.4, -0.2) is 6.54 Å². The van der Waals surface area contributed by atoms with Crippen LogP contribution in [0, 0.1) is 24.5 Å². The Balaban J connectivity index is 1.96. The molecule has 1 aliphatic carbocycles. The van der Waals surface area contributed by atoms with Crippen molar-refractivity contribution in [1.82, 2.24) is 5.32 Å². The first-order valence-electron chi connectivity index (χ1n) is 7.40. The van der Waals surface area contributed by atoms with Gasteiger partial charge in [-0.05, 0) is 56.0 Å². The Morgan fingerprint density at radius 1 is 1.24 bits per heavy atom. The lowest BCUT2D eigenvalue weighted by Crippen LogP contribution is -2.21. The van der Waals surface area contributed by atoms with Crippen molar-refractivity contribution < 1.29 is 8.78 Å². The molecule has 112 valence electrons. The summed E-state index contributed by atoms with van der Waals surface area (Å²) < 4.78 is 28.2. The summed E-state index contributed by atoms with van der Waals surface area (Å²) in [5.74, 6) is -0.267. The lowest BCUT2D eigenvalue weighted by atomic mass is 10.1. The molecule has 21 heavy (non-hydrogen) atoms. The molecule has 1 aromatic carbocycles. The Kier molecular flexibility index (Phi) is 4.09. The van der Waals surface area contributed by atoms with Crippen LogP contribution in [-0.2, 0) is 0 Å². The van der Waals surface area contributed by atoms with Crippen molar-refractivity contribution >= 4 is 11.3 Å². The van der Waals surface area contributed by atoms with Crippen LogP contribution in [0.25, 0.3) is 10.4 Å². The standard InChI is InChI=1S/C17H19F2NS/c1-3-20-17(11-5-6-11)14-9-8-13(21-14)15-12(18)7-4-10(2)16(15)19/h4,7-9,11,17,20H,3,5-6H2,1-2H3. The zero-order valence-corrected chi connectivity index (χ0v) is 13.1. The Bertz CT molecular complexity index is 646. The van der Waals surface area contributed by atoms with Crippen molar-refractivity contribution in [2.45, 2.75) is 32.7 Å². The van der Waals surface area contributed by atoms with Crippen molar-refractivity contribution in [2.75, 3.05) is 6.54 Å². The number of nitrogens with one attached hydrogen (secondary N) is 1. The highest BCUT2D eigenvalue weighted by Crippen LogP contribution is 2.44. The van der Waals surface area contributed by atoms with E-state index in [1.807, 2.05) is 12.1 Å². The minimum absolute atomic E-state index is 0.109. The Morgan fingerprint density at radius 3 is 2.67 bits per heavy atom. The molecule has 1 saturated carbocycles. The first-order chi connectivity index (χ1) is 10.1. The molecule has 1 nitrogen and oxygen atoms in total. The second-order valence-electron chi connectivity index (χ2n) is 5.63. The highest BCUT2D eigenvalue weighted by Gasteiger charge is 2.32. The maximum Gasteiger partial charge on any atom is 0.137 e. The predicted molar refractivity (Wildman–Crippen MR) is 83.5 cm³/mol. The van der Waals surface area contributed by atoms with E-state index in [1.165, 1.54) is 41.2 Å². The Hall–Kier alpha value is -1.26. The van der Waals surface area contributed by atoms with Gasteiger partial charge in [-0.3, -0.25) is 0 Å². The second kappa shape index (κ2) is 5.85. The third kappa shape index (κ3) is 2.87. The highest BCUT2D eigenvalue weighted by atomic mass is 32.1. The van der Waals surface area contributed by atoms with Crippen LogP contribution >= 0.6 is 11.3 Å². The van der Waals surface area contributed by atoms with Gasteiger partial charge in [-0.25, -0.2) is 8.78 Å². The van der Waals surface area contributed by atoms with Crippen LogP contribution in [0.4, 0.5) is 8.78 Å². The first-order valence-corrected chi connectivity index (χ1v) is 8.21. The van der Waals surface area contributed by atoms with Gasteiger partial charge < -0.3 is 5.32 Å². The molecule has 1 N–H and O–H groups in total. The molecule has 4 heteroatoms. The van der Waals surface area contributed by atoms with Crippen LogP contribution in [0.3, 0.4) is 0 Å². The van der Waals surface area contributed by atoms with E-state index in [0.29, 0.717) is 22.4 Å². The minimum Gasteiger partial charge on any atom is -0.309 e. The average molecular weight is 307 g/mol. The molecule has 0 aliphatic heterocycles. The van der Waals surface area contributed by atoms with Gasteiger partial charge in [0.1, 0.15) is 11.6 Å². The molecule has 1 aliphatic rings. The molecular weight excluding hydrogens is 288 g/mol. The lowest BCUT2D eigenvalue weighted by molar-refractivity contribution is 0.504. The van der Waals surface area contributed by atoms with Crippen molar-refractivity contribution in [3.05, 3.63) is 46.3 Å². The average Bonchev–Trinajstić information content (AvgIpc) is 3.19. The summed E-state index contributed by atoms with van der Waals surface area (Å²) >= 11 is 1.50. The molecule has 0 radical (unpaired) electrons. The summed E-state index contributed by atoms with van der Waals surface area (Å²) in [5.41, 5.74) is 0.587. The fraction of sp³-hybridized carbons (Fsp3) is 0.412. The fourth-order valence-corrected chi connectivity index (χ4v) is 3.90. The van der Waals surface area contributed by atoms with E-state index in [4.69, 9.17) is 0 Å². The third-order valence-corrected chi connectivity index (χ3v) is 5.17.